The van der Waals surface area contributed by atoms with E-state index in [1.54, 1.807) is 0 Å². The predicted molar refractivity (Wildman–Crippen MR) is 126 cm³/mol. The van der Waals surface area contributed by atoms with Crippen molar-refractivity contribution in [3.05, 3.63) is 0 Å². The van der Waals surface area contributed by atoms with E-state index in [1.807, 2.05) is 0 Å². The van der Waals surface area contributed by atoms with Crippen LogP contribution in [0, 0.1) is 0 Å². The quantitative estimate of drug-likeness (QED) is 0.122. The second-order valence-corrected chi connectivity index (χ2v) is 8.59. The molecule has 1 aliphatic heterocycles. The van der Waals surface area contributed by atoms with Crippen molar-refractivity contribution >= 4 is 0 Å². The Bertz CT molecular complexity index is 241. The molecule has 0 aromatic carbocycles. The summed E-state index contributed by atoms with van der Waals surface area (Å²) in [6.45, 7) is 8.57. The van der Waals surface area contributed by atoms with Crippen LogP contribution in [0.15, 0.2) is 0 Å². The Morgan fingerprint density at radius 2 is 0.724 bits per heavy atom. The van der Waals surface area contributed by atoms with Gasteiger partial charge >= 0.3 is 29.6 Å². The average molecular weight is 423 g/mol. The van der Waals surface area contributed by atoms with Gasteiger partial charge in [0.25, 0.3) is 0 Å². The molecule has 0 amide bonds. The van der Waals surface area contributed by atoms with Gasteiger partial charge in [0.15, 0.2) is 0 Å². The van der Waals surface area contributed by atoms with Crippen molar-refractivity contribution in [1.29, 1.82) is 0 Å². The van der Waals surface area contributed by atoms with Crippen LogP contribution in [-0.2, 0) is 9.47 Å². The maximum atomic E-state index is 5.78. The molecule has 3 heteroatoms. The van der Waals surface area contributed by atoms with E-state index in [4.69, 9.17) is 4.74 Å². The van der Waals surface area contributed by atoms with Crippen molar-refractivity contribution in [3.63, 3.8) is 0 Å². The van der Waals surface area contributed by atoms with E-state index >= 15 is 0 Å². The fourth-order valence-corrected chi connectivity index (χ4v) is 3.49. The summed E-state index contributed by atoms with van der Waals surface area (Å²) >= 11 is 0. The molecular weight excluding hydrogens is 367 g/mol. The summed E-state index contributed by atoms with van der Waals surface area (Å²) < 4.78 is 10.3. The standard InChI is InChI=1S/C24H50O.C2H4O.Na.H/c1-3-5-7-9-11-13-15-17-19-21-23-25-24-22-20-18-16-14-12-10-8-6-4-2;1-2-3-1;;/h3-24H2,1-2H3;1-2H2;;/q;;+1;-1. The van der Waals surface area contributed by atoms with Crippen molar-refractivity contribution in [1.82, 2.24) is 0 Å². The van der Waals surface area contributed by atoms with E-state index in [9.17, 15) is 0 Å². The molecule has 0 saturated carbocycles. The molecule has 0 aliphatic carbocycles. The van der Waals surface area contributed by atoms with Crippen LogP contribution in [0.25, 0.3) is 0 Å². The number of ether oxygens (including phenoxy) is 2. The molecule has 0 aromatic heterocycles. The smallest absolute Gasteiger partial charge is 1.00 e. The predicted octanol–water partition coefficient (Wildman–Crippen LogP) is 5.98. The molecular formula is C26H55NaO2. The van der Waals surface area contributed by atoms with Gasteiger partial charge in [-0.1, -0.05) is 129 Å². The zero-order valence-corrected chi connectivity index (χ0v) is 22.8. The molecule has 0 radical (unpaired) electrons. The van der Waals surface area contributed by atoms with Crippen molar-refractivity contribution in [2.24, 2.45) is 0 Å². The van der Waals surface area contributed by atoms with Gasteiger partial charge in [0.05, 0.1) is 13.2 Å². The normalized spacial score (nSPS) is 12.2. The Morgan fingerprint density at radius 3 is 0.966 bits per heavy atom. The van der Waals surface area contributed by atoms with Crippen molar-refractivity contribution < 1.29 is 40.5 Å². The van der Waals surface area contributed by atoms with E-state index in [1.165, 1.54) is 128 Å². The Hall–Kier alpha value is 0.920. The van der Waals surface area contributed by atoms with E-state index < -0.39 is 0 Å². The zero-order chi connectivity index (χ0) is 20.4. The van der Waals surface area contributed by atoms with Gasteiger partial charge in [-0.2, -0.15) is 0 Å². The summed E-state index contributed by atoms with van der Waals surface area (Å²) in [5.74, 6) is 0. The third-order valence-corrected chi connectivity index (χ3v) is 5.49. The van der Waals surface area contributed by atoms with Crippen molar-refractivity contribution in [2.75, 3.05) is 26.4 Å². The first kappa shape index (κ1) is 32.1. The molecule has 1 fully saturated rings. The molecule has 2 nitrogen and oxygen atoms in total. The molecule has 0 atom stereocenters. The van der Waals surface area contributed by atoms with Gasteiger partial charge in [-0.15, -0.1) is 0 Å². The van der Waals surface area contributed by atoms with Crippen LogP contribution in [-0.4, -0.2) is 26.4 Å². The first-order valence-electron chi connectivity index (χ1n) is 13.1. The minimum absolute atomic E-state index is 0. The average Bonchev–Trinajstić information content (AvgIpc) is 3.58. The molecule has 1 saturated heterocycles. The summed E-state index contributed by atoms with van der Waals surface area (Å²) in [6.07, 6.45) is 28.2. The van der Waals surface area contributed by atoms with Crippen LogP contribution in [0.5, 0.6) is 0 Å². The van der Waals surface area contributed by atoms with Crippen LogP contribution in [0.3, 0.4) is 0 Å². The number of hydrogen-bond donors (Lipinski definition) is 0. The van der Waals surface area contributed by atoms with Crippen LogP contribution in [0.1, 0.15) is 144 Å². The van der Waals surface area contributed by atoms with Gasteiger partial charge in [-0.05, 0) is 12.8 Å². The van der Waals surface area contributed by atoms with Crippen LogP contribution in [0.2, 0.25) is 0 Å². The second kappa shape index (κ2) is 31.1. The van der Waals surface area contributed by atoms with Gasteiger partial charge in [0, 0.05) is 13.2 Å². The van der Waals surface area contributed by atoms with Crippen LogP contribution in [0.4, 0.5) is 0 Å². The van der Waals surface area contributed by atoms with Gasteiger partial charge in [0.1, 0.15) is 0 Å². The molecule has 0 aromatic rings. The summed E-state index contributed by atoms with van der Waals surface area (Å²) in [5.41, 5.74) is 0. The van der Waals surface area contributed by atoms with Crippen molar-refractivity contribution in [2.45, 2.75) is 142 Å². The fraction of sp³-hybridized carbons (Fsp3) is 1.00. The number of hydrogen-bond acceptors (Lipinski definition) is 2. The third kappa shape index (κ3) is 36.6. The molecule has 0 bridgehead atoms. The molecule has 0 N–H and O–H groups in total. The number of rotatable bonds is 22. The maximum absolute atomic E-state index is 5.78. The monoisotopic (exact) mass is 422 g/mol. The van der Waals surface area contributed by atoms with Gasteiger partial charge in [0.2, 0.25) is 0 Å². The van der Waals surface area contributed by atoms with Crippen LogP contribution < -0.4 is 29.6 Å². The first-order valence-corrected chi connectivity index (χ1v) is 13.1. The molecule has 1 heterocycles. The Labute approximate surface area is 208 Å². The zero-order valence-electron chi connectivity index (χ0n) is 21.8. The Balaban J connectivity index is -0.00000133. The largest absolute Gasteiger partial charge is 1.00 e. The van der Waals surface area contributed by atoms with E-state index in [-0.39, 0.29) is 31.0 Å². The molecule has 29 heavy (non-hydrogen) atoms. The van der Waals surface area contributed by atoms with E-state index in [0.717, 1.165) is 26.4 Å². The molecule has 1 rings (SSSR count). The van der Waals surface area contributed by atoms with Gasteiger partial charge in [-0.3, -0.25) is 0 Å². The van der Waals surface area contributed by atoms with E-state index in [2.05, 4.69) is 18.6 Å². The minimum Gasteiger partial charge on any atom is -1.00 e. The Morgan fingerprint density at radius 1 is 0.483 bits per heavy atom. The summed E-state index contributed by atoms with van der Waals surface area (Å²) in [5, 5.41) is 0. The topological polar surface area (TPSA) is 21.8 Å². The van der Waals surface area contributed by atoms with E-state index in [0.29, 0.717) is 0 Å². The summed E-state index contributed by atoms with van der Waals surface area (Å²) in [7, 11) is 0. The summed E-state index contributed by atoms with van der Waals surface area (Å²) in [4.78, 5) is 0. The fourth-order valence-electron chi connectivity index (χ4n) is 3.49. The molecule has 172 valence electrons. The van der Waals surface area contributed by atoms with Crippen molar-refractivity contribution in [3.8, 4) is 0 Å². The van der Waals surface area contributed by atoms with Gasteiger partial charge < -0.3 is 10.9 Å². The Kier molecular flexibility index (Phi) is 34.4. The molecule has 0 spiro atoms. The minimum atomic E-state index is 0. The van der Waals surface area contributed by atoms with Gasteiger partial charge in [-0.25, -0.2) is 0 Å². The second-order valence-electron chi connectivity index (χ2n) is 8.59. The molecule has 1 aliphatic rings. The number of unbranched alkanes of at least 4 members (excludes halogenated alkanes) is 18. The SMILES string of the molecule is C1CO1.CCCCCCCCCCCCOCCCCCCCCCCCC.[H-].[Na+]. The number of epoxide rings is 1. The summed E-state index contributed by atoms with van der Waals surface area (Å²) in [6, 6.07) is 0. The first-order chi connectivity index (χ1) is 13.9. The maximum Gasteiger partial charge on any atom is 1.00 e. The third-order valence-electron chi connectivity index (χ3n) is 5.49. The molecule has 0 unspecified atom stereocenters. The van der Waals surface area contributed by atoms with Crippen LogP contribution >= 0.6 is 0 Å².